The predicted molar refractivity (Wildman–Crippen MR) is 91.3 cm³/mol. The van der Waals surface area contributed by atoms with Gasteiger partial charge in [0, 0.05) is 10.3 Å². The van der Waals surface area contributed by atoms with Crippen LogP contribution in [-0.2, 0) is 4.74 Å². The molecule has 0 fully saturated rings. The number of phenolic OH excluding ortho intramolecular Hbond substituents is 1. The van der Waals surface area contributed by atoms with Gasteiger partial charge in [-0.1, -0.05) is 13.8 Å². The molecular formula is C17H22O4S. The van der Waals surface area contributed by atoms with Gasteiger partial charge in [-0.15, -0.1) is 11.8 Å². The maximum absolute atomic E-state index is 11.7. The van der Waals surface area contributed by atoms with Gasteiger partial charge in [-0.2, -0.15) is 0 Å². The molecule has 22 heavy (non-hydrogen) atoms. The van der Waals surface area contributed by atoms with E-state index in [0.717, 1.165) is 10.3 Å². The van der Waals surface area contributed by atoms with Crippen LogP contribution in [0.2, 0.25) is 0 Å². The Hall–Kier alpha value is -1.88. The maximum atomic E-state index is 11.7. The summed E-state index contributed by atoms with van der Waals surface area (Å²) < 4.78 is 10.3. The van der Waals surface area contributed by atoms with E-state index in [1.165, 1.54) is 17.8 Å². The zero-order valence-electron chi connectivity index (χ0n) is 13.6. The van der Waals surface area contributed by atoms with E-state index in [1.54, 1.807) is 20.1 Å². The van der Waals surface area contributed by atoms with E-state index in [2.05, 4.69) is 0 Å². The van der Waals surface area contributed by atoms with Gasteiger partial charge < -0.3 is 14.6 Å². The molecule has 120 valence electrons. The van der Waals surface area contributed by atoms with Crippen LogP contribution in [0.1, 0.15) is 31.1 Å². The van der Waals surface area contributed by atoms with E-state index < -0.39 is 5.97 Å². The number of esters is 1. The summed E-state index contributed by atoms with van der Waals surface area (Å²) >= 11 is 1.53. The minimum atomic E-state index is -0.447. The highest BCUT2D eigenvalue weighted by Crippen LogP contribution is 2.36. The molecule has 0 aromatic heterocycles. The fourth-order valence-corrected chi connectivity index (χ4v) is 2.58. The van der Waals surface area contributed by atoms with Crippen molar-refractivity contribution < 1.29 is 19.4 Å². The summed E-state index contributed by atoms with van der Waals surface area (Å²) in [5.41, 5.74) is 0.329. The van der Waals surface area contributed by atoms with Gasteiger partial charge in [0.25, 0.3) is 0 Å². The van der Waals surface area contributed by atoms with Crippen LogP contribution in [0, 0.1) is 0 Å². The number of carbonyl (C=O) groups excluding carboxylic acids is 1. The molecule has 0 spiro atoms. The molecule has 2 rings (SSSR count). The standard InChI is InChI=1S/C15H16O4S.C2H6/c1-4-19-15(17)10-5-9-7-13(18-2)14(20-3)8-11(9)12(16)6-10;1-2/h5-8,16H,4H2,1-3H3;1-2H3. The van der Waals surface area contributed by atoms with Crippen molar-refractivity contribution in [3.8, 4) is 11.5 Å². The minimum Gasteiger partial charge on any atom is -0.507 e. The topological polar surface area (TPSA) is 55.8 Å². The Morgan fingerprint density at radius 3 is 2.45 bits per heavy atom. The molecule has 0 bridgehead atoms. The molecule has 0 atom stereocenters. The van der Waals surface area contributed by atoms with Gasteiger partial charge in [0.2, 0.25) is 0 Å². The molecule has 0 aliphatic rings. The van der Waals surface area contributed by atoms with Crippen molar-refractivity contribution in [1.82, 2.24) is 0 Å². The number of carbonyl (C=O) groups is 1. The van der Waals surface area contributed by atoms with Crippen LogP contribution in [-0.4, -0.2) is 31.0 Å². The second kappa shape index (κ2) is 8.54. The summed E-state index contributed by atoms with van der Waals surface area (Å²) in [5, 5.41) is 11.5. The van der Waals surface area contributed by atoms with Gasteiger partial charge in [-0.3, -0.25) is 0 Å². The fraction of sp³-hybridized carbons (Fsp3) is 0.353. The molecule has 0 unspecified atom stereocenters. The number of thioether (sulfide) groups is 1. The maximum Gasteiger partial charge on any atom is 0.338 e. The Morgan fingerprint density at radius 2 is 1.91 bits per heavy atom. The number of methoxy groups -OCH3 is 1. The summed E-state index contributed by atoms with van der Waals surface area (Å²) in [4.78, 5) is 12.7. The van der Waals surface area contributed by atoms with Crippen LogP contribution in [0.15, 0.2) is 29.2 Å². The van der Waals surface area contributed by atoms with E-state index in [4.69, 9.17) is 9.47 Å². The first-order valence-corrected chi connectivity index (χ1v) is 8.39. The van der Waals surface area contributed by atoms with E-state index in [-0.39, 0.29) is 5.75 Å². The van der Waals surface area contributed by atoms with Crippen molar-refractivity contribution in [2.24, 2.45) is 0 Å². The molecule has 4 nitrogen and oxygen atoms in total. The predicted octanol–water partition coefficient (Wildman–Crippen LogP) is 4.48. The first kappa shape index (κ1) is 18.2. The number of hydrogen-bond donors (Lipinski definition) is 1. The van der Waals surface area contributed by atoms with Crippen LogP contribution in [0.4, 0.5) is 0 Å². The van der Waals surface area contributed by atoms with Crippen LogP contribution >= 0.6 is 11.8 Å². The van der Waals surface area contributed by atoms with Gasteiger partial charge in [-0.25, -0.2) is 4.79 Å². The molecule has 0 aliphatic carbocycles. The highest BCUT2D eigenvalue weighted by molar-refractivity contribution is 7.98. The molecule has 0 saturated carbocycles. The molecule has 0 saturated heterocycles. The number of ether oxygens (including phenoxy) is 2. The third-order valence-electron chi connectivity index (χ3n) is 2.95. The molecule has 1 N–H and O–H groups in total. The number of fused-ring (bicyclic) bond motifs is 1. The molecule has 0 heterocycles. The Bertz CT molecular complexity index is 653. The average Bonchev–Trinajstić information content (AvgIpc) is 2.55. The highest BCUT2D eigenvalue weighted by Gasteiger charge is 2.13. The number of benzene rings is 2. The quantitative estimate of drug-likeness (QED) is 0.664. The normalized spacial score (nSPS) is 9.86. The lowest BCUT2D eigenvalue weighted by Crippen LogP contribution is -2.04. The summed E-state index contributed by atoms with van der Waals surface area (Å²) in [6.45, 7) is 6.04. The number of hydrogen-bond acceptors (Lipinski definition) is 5. The monoisotopic (exact) mass is 322 g/mol. The molecule has 0 aliphatic heterocycles. The molecule has 2 aromatic carbocycles. The Kier molecular flexibility index (Phi) is 7.05. The van der Waals surface area contributed by atoms with Crippen LogP contribution in [0.3, 0.4) is 0 Å². The summed E-state index contributed by atoms with van der Waals surface area (Å²) in [6, 6.07) is 6.78. The lowest BCUT2D eigenvalue weighted by atomic mass is 10.1. The Balaban J connectivity index is 0.00000116. The zero-order chi connectivity index (χ0) is 16.7. The van der Waals surface area contributed by atoms with Crippen LogP contribution in [0.5, 0.6) is 11.5 Å². The van der Waals surface area contributed by atoms with Crippen molar-refractivity contribution in [3.05, 3.63) is 29.8 Å². The zero-order valence-corrected chi connectivity index (χ0v) is 14.4. The summed E-state index contributed by atoms with van der Waals surface area (Å²) in [7, 11) is 1.59. The number of aromatic hydroxyl groups is 1. The fourth-order valence-electron chi connectivity index (χ4n) is 2.00. The second-order valence-electron chi connectivity index (χ2n) is 4.14. The molecule has 2 aromatic rings. The molecule has 0 radical (unpaired) electrons. The molecule has 0 amide bonds. The Labute approximate surface area is 135 Å². The smallest absolute Gasteiger partial charge is 0.338 e. The first-order valence-electron chi connectivity index (χ1n) is 7.16. The van der Waals surface area contributed by atoms with Crippen molar-refractivity contribution in [2.75, 3.05) is 20.0 Å². The largest absolute Gasteiger partial charge is 0.507 e. The number of rotatable bonds is 4. The Morgan fingerprint density at radius 1 is 1.23 bits per heavy atom. The second-order valence-corrected chi connectivity index (χ2v) is 4.99. The van der Waals surface area contributed by atoms with Crippen molar-refractivity contribution >= 4 is 28.5 Å². The third-order valence-corrected chi connectivity index (χ3v) is 3.70. The highest BCUT2D eigenvalue weighted by atomic mass is 32.2. The summed E-state index contributed by atoms with van der Waals surface area (Å²) in [6.07, 6.45) is 1.94. The van der Waals surface area contributed by atoms with E-state index in [0.29, 0.717) is 23.3 Å². The van der Waals surface area contributed by atoms with E-state index in [1.807, 2.05) is 32.2 Å². The average molecular weight is 322 g/mol. The van der Waals surface area contributed by atoms with Gasteiger partial charge in [0.05, 0.1) is 19.3 Å². The van der Waals surface area contributed by atoms with Gasteiger partial charge in [0.1, 0.15) is 11.5 Å². The summed E-state index contributed by atoms with van der Waals surface area (Å²) in [5.74, 6) is 0.325. The lowest BCUT2D eigenvalue weighted by Gasteiger charge is -2.11. The molecule has 5 heteroatoms. The van der Waals surface area contributed by atoms with Crippen LogP contribution in [0.25, 0.3) is 10.8 Å². The van der Waals surface area contributed by atoms with E-state index >= 15 is 0 Å². The van der Waals surface area contributed by atoms with Crippen molar-refractivity contribution in [1.29, 1.82) is 0 Å². The third kappa shape index (κ3) is 3.85. The van der Waals surface area contributed by atoms with Crippen molar-refractivity contribution in [2.45, 2.75) is 25.7 Å². The lowest BCUT2D eigenvalue weighted by molar-refractivity contribution is 0.0526. The van der Waals surface area contributed by atoms with Gasteiger partial charge >= 0.3 is 5.97 Å². The number of phenols is 1. The van der Waals surface area contributed by atoms with Gasteiger partial charge in [0.15, 0.2) is 0 Å². The SMILES string of the molecule is CC.CCOC(=O)c1cc(O)c2cc(SC)c(OC)cc2c1. The first-order chi connectivity index (χ1) is 10.6. The van der Waals surface area contributed by atoms with Gasteiger partial charge in [-0.05, 0) is 42.8 Å². The van der Waals surface area contributed by atoms with Crippen LogP contribution < -0.4 is 4.74 Å². The molecular weight excluding hydrogens is 300 g/mol. The van der Waals surface area contributed by atoms with Crippen molar-refractivity contribution in [3.63, 3.8) is 0 Å². The minimum absolute atomic E-state index is 0.0588. The van der Waals surface area contributed by atoms with E-state index in [9.17, 15) is 9.90 Å².